The van der Waals surface area contributed by atoms with E-state index in [1.807, 2.05) is 48.5 Å². The summed E-state index contributed by atoms with van der Waals surface area (Å²) in [6.45, 7) is 4.07. The summed E-state index contributed by atoms with van der Waals surface area (Å²) in [4.78, 5) is 15.3. The van der Waals surface area contributed by atoms with Crippen LogP contribution in [0.15, 0.2) is 78.4 Å². The highest BCUT2D eigenvalue weighted by Gasteiger charge is 2.17. The number of likely N-dealkylation sites (tertiary alicyclic amines) is 1. The van der Waals surface area contributed by atoms with E-state index in [0.29, 0.717) is 12.2 Å². The molecule has 0 unspecified atom stereocenters. The predicted octanol–water partition coefficient (Wildman–Crippen LogP) is 5.94. The minimum atomic E-state index is -0.106. The van der Waals surface area contributed by atoms with Crippen molar-refractivity contribution in [2.24, 2.45) is 0 Å². The van der Waals surface area contributed by atoms with Crippen LogP contribution in [0.3, 0.4) is 0 Å². The summed E-state index contributed by atoms with van der Waals surface area (Å²) in [5, 5.41) is 3.05. The SMILES string of the molecule is O=C(Nc1ccc2c(c1)CCC(CN1CCCC1)=C2)c1ccc(OCc2ccccc2)cc1. The molecule has 168 valence electrons. The molecule has 5 rings (SSSR count). The Balaban J connectivity index is 1.18. The lowest BCUT2D eigenvalue weighted by molar-refractivity contribution is 0.102. The molecule has 1 aliphatic carbocycles. The van der Waals surface area contributed by atoms with Crippen molar-refractivity contribution in [1.29, 1.82) is 0 Å². The number of carbonyl (C=O) groups excluding carboxylic acids is 1. The van der Waals surface area contributed by atoms with Gasteiger partial charge in [0.25, 0.3) is 5.91 Å². The molecule has 2 aliphatic rings. The van der Waals surface area contributed by atoms with E-state index in [4.69, 9.17) is 4.74 Å². The van der Waals surface area contributed by atoms with Crippen LogP contribution in [0.4, 0.5) is 5.69 Å². The molecule has 0 aromatic heterocycles. The largest absolute Gasteiger partial charge is 0.489 e. The van der Waals surface area contributed by atoms with E-state index in [9.17, 15) is 4.79 Å². The summed E-state index contributed by atoms with van der Waals surface area (Å²) in [6, 6.07) is 23.6. The summed E-state index contributed by atoms with van der Waals surface area (Å²) >= 11 is 0. The van der Waals surface area contributed by atoms with E-state index in [-0.39, 0.29) is 5.91 Å². The molecule has 1 aliphatic heterocycles. The predicted molar refractivity (Wildman–Crippen MR) is 134 cm³/mol. The molecular formula is C29H30N2O2. The fourth-order valence-electron chi connectivity index (χ4n) is 4.63. The second kappa shape index (κ2) is 10.1. The van der Waals surface area contributed by atoms with Crippen molar-refractivity contribution in [3.05, 3.63) is 101 Å². The molecule has 4 nitrogen and oxygen atoms in total. The molecule has 0 spiro atoms. The fraction of sp³-hybridized carbons (Fsp3) is 0.276. The molecule has 3 aromatic carbocycles. The summed E-state index contributed by atoms with van der Waals surface area (Å²) in [6.07, 6.45) is 7.14. The van der Waals surface area contributed by atoms with E-state index in [1.54, 1.807) is 12.1 Å². The zero-order valence-corrected chi connectivity index (χ0v) is 18.9. The Morgan fingerprint density at radius 3 is 2.48 bits per heavy atom. The Morgan fingerprint density at radius 2 is 1.70 bits per heavy atom. The average molecular weight is 439 g/mol. The van der Waals surface area contributed by atoms with E-state index in [1.165, 1.54) is 42.6 Å². The van der Waals surface area contributed by atoms with Crippen molar-refractivity contribution in [1.82, 2.24) is 4.90 Å². The number of rotatable bonds is 7. The molecular weight excluding hydrogens is 408 g/mol. The Hall–Kier alpha value is -3.37. The van der Waals surface area contributed by atoms with Crippen molar-refractivity contribution in [2.45, 2.75) is 32.3 Å². The minimum absolute atomic E-state index is 0.106. The molecule has 0 bridgehead atoms. The average Bonchev–Trinajstić information content (AvgIpc) is 3.37. The summed E-state index contributed by atoms with van der Waals surface area (Å²) in [7, 11) is 0. The number of ether oxygens (including phenoxy) is 1. The van der Waals surface area contributed by atoms with Crippen LogP contribution in [0.25, 0.3) is 6.08 Å². The zero-order valence-electron chi connectivity index (χ0n) is 18.9. The van der Waals surface area contributed by atoms with Crippen LogP contribution in [-0.2, 0) is 13.0 Å². The van der Waals surface area contributed by atoms with Crippen molar-refractivity contribution in [2.75, 3.05) is 25.0 Å². The lowest BCUT2D eigenvalue weighted by Gasteiger charge is -2.22. The first-order chi connectivity index (χ1) is 16.2. The highest BCUT2D eigenvalue weighted by atomic mass is 16.5. The van der Waals surface area contributed by atoms with Crippen LogP contribution in [0.5, 0.6) is 5.75 Å². The molecule has 1 heterocycles. The van der Waals surface area contributed by atoms with Crippen LogP contribution in [0.2, 0.25) is 0 Å². The molecule has 1 fully saturated rings. The summed E-state index contributed by atoms with van der Waals surface area (Å²) < 4.78 is 5.82. The highest BCUT2D eigenvalue weighted by Crippen LogP contribution is 2.28. The van der Waals surface area contributed by atoms with Gasteiger partial charge >= 0.3 is 0 Å². The van der Waals surface area contributed by atoms with Crippen LogP contribution < -0.4 is 10.1 Å². The number of anilines is 1. The Morgan fingerprint density at radius 1 is 0.909 bits per heavy atom. The second-order valence-electron chi connectivity index (χ2n) is 8.95. The number of hydrogen-bond donors (Lipinski definition) is 1. The Bertz CT molecular complexity index is 1130. The first kappa shape index (κ1) is 21.5. The number of nitrogens with one attached hydrogen (secondary N) is 1. The van der Waals surface area contributed by atoms with Crippen LogP contribution in [0.1, 0.15) is 46.3 Å². The lowest BCUT2D eigenvalue weighted by atomic mass is 9.91. The molecule has 0 atom stereocenters. The third kappa shape index (κ3) is 5.52. The van der Waals surface area contributed by atoms with Gasteiger partial charge in [-0.05, 0) is 91.9 Å². The maximum atomic E-state index is 12.7. The molecule has 0 saturated carbocycles. The number of hydrogen-bond acceptors (Lipinski definition) is 3. The van der Waals surface area contributed by atoms with Gasteiger partial charge in [0.2, 0.25) is 0 Å². The van der Waals surface area contributed by atoms with Gasteiger partial charge in [-0.15, -0.1) is 0 Å². The molecule has 33 heavy (non-hydrogen) atoms. The van der Waals surface area contributed by atoms with Crippen molar-refractivity contribution in [3.8, 4) is 5.75 Å². The molecule has 1 N–H and O–H groups in total. The van der Waals surface area contributed by atoms with Gasteiger partial charge in [0, 0.05) is 17.8 Å². The molecule has 1 saturated heterocycles. The summed E-state index contributed by atoms with van der Waals surface area (Å²) in [5.74, 6) is 0.645. The number of nitrogens with zero attached hydrogens (tertiary/aromatic N) is 1. The summed E-state index contributed by atoms with van der Waals surface area (Å²) in [5.41, 5.74) is 6.70. The van der Waals surface area contributed by atoms with Gasteiger partial charge < -0.3 is 10.1 Å². The normalized spacial score (nSPS) is 15.6. The maximum absolute atomic E-state index is 12.7. The van der Waals surface area contributed by atoms with Gasteiger partial charge in [-0.2, -0.15) is 0 Å². The van der Waals surface area contributed by atoms with E-state index in [2.05, 4.69) is 28.4 Å². The smallest absolute Gasteiger partial charge is 0.255 e. The topological polar surface area (TPSA) is 41.6 Å². The molecule has 1 amide bonds. The Labute approximate surface area is 195 Å². The number of aryl methyl sites for hydroxylation is 1. The quantitative estimate of drug-likeness (QED) is 0.496. The fourth-order valence-corrected chi connectivity index (χ4v) is 4.63. The first-order valence-corrected chi connectivity index (χ1v) is 11.9. The van der Waals surface area contributed by atoms with Gasteiger partial charge in [0.1, 0.15) is 12.4 Å². The number of fused-ring (bicyclic) bond motifs is 1. The van der Waals surface area contributed by atoms with Gasteiger partial charge in [-0.25, -0.2) is 0 Å². The molecule has 0 radical (unpaired) electrons. The van der Waals surface area contributed by atoms with Gasteiger partial charge in [0.15, 0.2) is 0 Å². The van der Waals surface area contributed by atoms with Crippen molar-refractivity contribution in [3.63, 3.8) is 0 Å². The van der Waals surface area contributed by atoms with Crippen LogP contribution in [0, 0.1) is 0 Å². The molecule has 3 aromatic rings. The highest BCUT2D eigenvalue weighted by molar-refractivity contribution is 6.04. The number of carbonyl (C=O) groups is 1. The zero-order chi connectivity index (χ0) is 22.5. The Kier molecular flexibility index (Phi) is 6.54. The first-order valence-electron chi connectivity index (χ1n) is 11.9. The van der Waals surface area contributed by atoms with E-state index < -0.39 is 0 Å². The van der Waals surface area contributed by atoms with Crippen molar-refractivity contribution >= 4 is 17.7 Å². The minimum Gasteiger partial charge on any atom is -0.489 e. The standard InChI is InChI=1S/C29H30N2O2/c32-29(24-11-14-28(15-12-24)33-21-22-6-2-1-3-7-22)30-27-13-10-25-18-23(8-9-26(25)19-27)20-31-16-4-5-17-31/h1-3,6-7,10-15,18-19H,4-5,8-9,16-17,20-21H2,(H,30,32). The lowest BCUT2D eigenvalue weighted by Crippen LogP contribution is -2.23. The van der Waals surface area contributed by atoms with Gasteiger partial charge in [-0.3, -0.25) is 9.69 Å². The number of benzene rings is 3. The number of amides is 1. The monoisotopic (exact) mass is 438 g/mol. The van der Waals surface area contributed by atoms with Gasteiger partial charge in [-0.1, -0.05) is 48.0 Å². The second-order valence-corrected chi connectivity index (χ2v) is 8.95. The van der Waals surface area contributed by atoms with Crippen molar-refractivity contribution < 1.29 is 9.53 Å². The third-order valence-electron chi connectivity index (χ3n) is 6.47. The van der Waals surface area contributed by atoms with E-state index in [0.717, 1.165) is 36.4 Å². The third-order valence-corrected chi connectivity index (χ3v) is 6.47. The molecule has 4 heteroatoms. The van der Waals surface area contributed by atoms with Crippen LogP contribution >= 0.6 is 0 Å². The van der Waals surface area contributed by atoms with Crippen LogP contribution in [-0.4, -0.2) is 30.4 Å². The maximum Gasteiger partial charge on any atom is 0.255 e. The van der Waals surface area contributed by atoms with Gasteiger partial charge in [0.05, 0.1) is 0 Å². The van der Waals surface area contributed by atoms with E-state index >= 15 is 0 Å².